The van der Waals surface area contributed by atoms with Crippen LogP contribution >= 0.6 is 11.6 Å². The number of hydrogen-bond acceptors (Lipinski definition) is 3. The zero-order valence-electron chi connectivity index (χ0n) is 16.3. The summed E-state index contributed by atoms with van der Waals surface area (Å²) in [6, 6.07) is 17.2. The molecule has 2 aromatic carbocycles. The van der Waals surface area contributed by atoms with E-state index < -0.39 is 0 Å². The van der Waals surface area contributed by atoms with Crippen molar-refractivity contribution in [3.63, 3.8) is 0 Å². The van der Waals surface area contributed by atoms with Gasteiger partial charge in [0, 0.05) is 30.7 Å². The molecule has 0 amide bonds. The molecule has 148 valence electrons. The molecule has 4 rings (SSSR count). The van der Waals surface area contributed by atoms with E-state index in [1.807, 2.05) is 54.0 Å². The minimum atomic E-state index is -0.351. The van der Waals surface area contributed by atoms with Crippen molar-refractivity contribution in [1.29, 1.82) is 0 Å². The molecule has 6 nitrogen and oxygen atoms in total. The third kappa shape index (κ3) is 3.40. The van der Waals surface area contributed by atoms with Crippen molar-refractivity contribution in [2.45, 2.75) is 26.4 Å². The predicted molar refractivity (Wildman–Crippen MR) is 116 cm³/mol. The van der Waals surface area contributed by atoms with Gasteiger partial charge in [0.25, 0.3) is 5.56 Å². The number of aryl methyl sites for hydroxylation is 1. The molecule has 0 spiro atoms. The molecular weight excluding hydrogens is 388 g/mol. The van der Waals surface area contributed by atoms with Crippen LogP contribution in [0.2, 0.25) is 5.02 Å². The smallest absolute Gasteiger partial charge is 0.314 e. The van der Waals surface area contributed by atoms with Gasteiger partial charge in [-0.05, 0) is 36.2 Å². The highest BCUT2D eigenvalue weighted by Crippen LogP contribution is 2.25. The van der Waals surface area contributed by atoms with Crippen molar-refractivity contribution in [3.05, 3.63) is 86.0 Å². The first kappa shape index (κ1) is 19.2. The van der Waals surface area contributed by atoms with Gasteiger partial charge in [-0.15, -0.1) is 0 Å². The van der Waals surface area contributed by atoms with E-state index in [2.05, 4.69) is 0 Å². The lowest BCUT2D eigenvalue weighted by Crippen LogP contribution is -2.39. The highest BCUT2D eigenvalue weighted by Gasteiger charge is 2.21. The SMILES string of the molecule is CCCn1c(=O)c2c(nc(-c3ccc(Cl)cc3)n2Cc2ccccc2)n(C)c1=O. The number of rotatable bonds is 5. The van der Waals surface area contributed by atoms with Gasteiger partial charge in [0.05, 0.1) is 0 Å². The van der Waals surface area contributed by atoms with Gasteiger partial charge in [-0.25, -0.2) is 9.78 Å². The predicted octanol–water partition coefficient (Wildman–Crippen LogP) is 3.68. The summed E-state index contributed by atoms with van der Waals surface area (Å²) in [4.78, 5) is 30.7. The van der Waals surface area contributed by atoms with E-state index in [9.17, 15) is 9.59 Å². The Bertz CT molecular complexity index is 1290. The minimum Gasteiger partial charge on any atom is -0.314 e. The molecule has 2 aromatic heterocycles. The van der Waals surface area contributed by atoms with Gasteiger partial charge in [-0.1, -0.05) is 48.9 Å². The number of fused-ring (bicyclic) bond motifs is 1. The summed E-state index contributed by atoms with van der Waals surface area (Å²) in [5.41, 5.74) is 2.01. The standard InChI is InChI=1S/C22H21ClN4O2/c1-3-13-26-21(28)18-20(25(2)22(26)29)24-19(16-9-11-17(23)12-10-16)27(18)14-15-7-5-4-6-8-15/h4-12H,3,13-14H2,1-2H3. The summed E-state index contributed by atoms with van der Waals surface area (Å²) < 4.78 is 4.63. The fraction of sp³-hybridized carbons (Fsp3) is 0.227. The lowest BCUT2D eigenvalue weighted by atomic mass is 10.2. The van der Waals surface area contributed by atoms with Crippen molar-refractivity contribution in [2.24, 2.45) is 7.05 Å². The molecule has 7 heteroatoms. The summed E-state index contributed by atoms with van der Waals surface area (Å²) in [6.07, 6.45) is 0.692. The molecule has 4 aromatic rings. The summed E-state index contributed by atoms with van der Waals surface area (Å²) in [7, 11) is 1.65. The lowest BCUT2D eigenvalue weighted by molar-refractivity contribution is 0.590. The van der Waals surface area contributed by atoms with Crippen LogP contribution in [0.4, 0.5) is 0 Å². The van der Waals surface area contributed by atoms with Crippen molar-refractivity contribution in [2.75, 3.05) is 0 Å². The maximum absolute atomic E-state index is 13.3. The normalized spacial score (nSPS) is 11.3. The Morgan fingerprint density at radius 3 is 2.31 bits per heavy atom. The first-order chi connectivity index (χ1) is 14.0. The second-order valence-corrected chi connectivity index (χ2v) is 7.42. The van der Waals surface area contributed by atoms with Crippen molar-refractivity contribution < 1.29 is 0 Å². The van der Waals surface area contributed by atoms with Gasteiger partial charge in [0.2, 0.25) is 0 Å². The quantitative estimate of drug-likeness (QED) is 0.506. The Labute approximate surface area is 172 Å². The van der Waals surface area contributed by atoms with Gasteiger partial charge < -0.3 is 4.57 Å². The number of halogens is 1. The molecule has 0 fully saturated rings. The molecule has 0 bridgehead atoms. The average molecular weight is 409 g/mol. The minimum absolute atomic E-state index is 0.311. The molecule has 0 atom stereocenters. The molecule has 0 N–H and O–H groups in total. The van der Waals surface area contributed by atoms with Gasteiger partial charge >= 0.3 is 5.69 Å². The van der Waals surface area contributed by atoms with Crippen LogP contribution in [0.1, 0.15) is 18.9 Å². The lowest BCUT2D eigenvalue weighted by Gasteiger charge is -2.11. The topological polar surface area (TPSA) is 61.8 Å². The van der Waals surface area contributed by atoms with E-state index in [4.69, 9.17) is 16.6 Å². The van der Waals surface area contributed by atoms with Crippen molar-refractivity contribution in [1.82, 2.24) is 18.7 Å². The van der Waals surface area contributed by atoms with Gasteiger partial charge in [0.1, 0.15) is 5.82 Å². The Morgan fingerprint density at radius 2 is 1.66 bits per heavy atom. The van der Waals surface area contributed by atoms with E-state index in [-0.39, 0.29) is 11.2 Å². The number of benzene rings is 2. The van der Waals surface area contributed by atoms with Gasteiger partial charge in [0.15, 0.2) is 11.2 Å². The maximum Gasteiger partial charge on any atom is 0.332 e. The van der Waals surface area contributed by atoms with Crippen LogP contribution in [0.15, 0.2) is 64.2 Å². The zero-order valence-corrected chi connectivity index (χ0v) is 17.1. The van der Waals surface area contributed by atoms with E-state index in [1.54, 1.807) is 19.2 Å². The molecule has 2 heterocycles. The van der Waals surface area contributed by atoms with Crippen LogP contribution in [0, 0.1) is 0 Å². The maximum atomic E-state index is 13.3. The molecule has 0 radical (unpaired) electrons. The van der Waals surface area contributed by atoms with Crippen LogP contribution in [-0.4, -0.2) is 18.7 Å². The highest BCUT2D eigenvalue weighted by molar-refractivity contribution is 6.30. The number of imidazole rings is 1. The van der Waals surface area contributed by atoms with Crippen LogP contribution in [-0.2, 0) is 20.1 Å². The molecule has 0 aliphatic carbocycles. The summed E-state index contributed by atoms with van der Waals surface area (Å²) >= 11 is 6.05. The van der Waals surface area contributed by atoms with E-state index in [0.29, 0.717) is 41.5 Å². The third-order valence-electron chi connectivity index (χ3n) is 4.97. The monoisotopic (exact) mass is 408 g/mol. The van der Waals surface area contributed by atoms with E-state index >= 15 is 0 Å². The van der Waals surface area contributed by atoms with E-state index in [0.717, 1.165) is 11.1 Å². The second kappa shape index (κ2) is 7.72. The van der Waals surface area contributed by atoms with Crippen LogP contribution in [0.5, 0.6) is 0 Å². The van der Waals surface area contributed by atoms with Crippen LogP contribution < -0.4 is 11.2 Å². The third-order valence-corrected chi connectivity index (χ3v) is 5.22. The van der Waals surface area contributed by atoms with Crippen molar-refractivity contribution >= 4 is 22.8 Å². The Morgan fingerprint density at radius 1 is 0.966 bits per heavy atom. The number of hydrogen-bond donors (Lipinski definition) is 0. The number of aromatic nitrogens is 4. The van der Waals surface area contributed by atoms with E-state index in [1.165, 1.54) is 9.13 Å². The summed E-state index contributed by atoms with van der Waals surface area (Å²) in [6.45, 7) is 2.78. The van der Waals surface area contributed by atoms with Gasteiger partial charge in [-0.2, -0.15) is 0 Å². The first-order valence-electron chi connectivity index (χ1n) is 9.51. The summed E-state index contributed by atoms with van der Waals surface area (Å²) in [5, 5.41) is 0.622. The Hall–Kier alpha value is -3.12. The van der Waals surface area contributed by atoms with Crippen LogP contribution in [0.25, 0.3) is 22.6 Å². The molecule has 0 unspecified atom stereocenters. The Kier molecular flexibility index (Phi) is 5.11. The largest absolute Gasteiger partial charge is 0.332 e. The van der Waals surface area contributed by atoms with Crippen LogP contribution in [0.3, 0.4) is 0 Å². The number of nitrogens with zero attached hydrogens (tertiary/aromatic N) is 4. The average Bonchev–Trinajstić information content (AvgIpc) is 3.10. The first-order valence-corrected chi connectivity index (χ1v) is 9.89. The second-order valence-electron chi connectivity index (χ2n) is 6.98. The Balaban J connectivity index is 2.06. The summed E-state index contributed by atoms with van der Waals surface area (Å²) in [5.74, 6) is 0.627. The molecule has 0 aliphatic rings. The highest BCUT2D eigenvalue weighted by atomic mass is 35.5. The fourth-order valence-corrected chi connectivity index (χ4v) is 3.66. The molecule has 0 saturated heterocycles. The molecule has 29 heavy (non-hydrogen) atoms. The fourth-order valence-electron chi connectivity index (χ4n) is 3.53. The molecule has 0 aliphatic heterocycles. The molecule has 0 saturated carbocycles. The van der Waals surface area contributed by atoms with Gasteiger partial charge in [-0.3, -0.25) is 13.9 Å². The molecular formula is C22H21ClN4O2. The zero-order chi connectivity index (χ0) is 20.5. The van der Waals surface area contributed by atoms with Crippen molar-refractivity contribution in [3.8, 4) is 11.4 Å².